The van der Waals surface area contributed by atoms with Crippen LogP contribution in [0, 0.1) is 24.6 Å². The van der Waals surface area contributed by atoms with Crippen LogP contribution in [0.1, 0.15) is 70.9 Å². The molecule has 1 atom stereocenters. The summed E-state index contributed by atoms with van der Waals surface area (Å²) < 4.78 is 14.5. The van der Waals surface area contributed by atoms with Gasteiger partial charge in [-0.15, -0.1) is 0 Å². The lowest BCUT2D eigenvalue weighted by Gasteiger charge is -2.20. The average Bonchev–Trinajstić information content (AvgIpc) is 4.01. The van der Waals surface area contributed by atoms with Gasteiger partial charge in [-0.1, -0.05) is 30.2 Å². The van der Waals surface area contributed by atoms with Crippen molar-refractivity contribution in [3.8, 4) is 11.8 Å². The molecule has 1 heterocycles. The fourth-order valence-electron chi connectivity index (χ4n) is 4.54. The van der Waals surface area contributed by atoms with Gasteiger partial charge in [-0.05, 0) is 105 Å². The van der Waals surface area contributed by atoms with Gasteiger partial charge in [-0.3, -0.25) is 19.4 Å². The molecule has 2 saturated carbocycles. The minimum atomic E-state index is -0.759. The lowest BCUT2D eigenvalue weighted by molar-refractivity contribution is -0.131. The third-order valence-corrected chi connectivity index (χ3v) is 7.71. The summed E-state index contributed by atoms with van der Waals surface area (Å²) in [6.45, 7) is 4.08. The first kappa shape index (κ1) is 33.7. The molecule has 0 radical (unpaired) electrons. The van der Waals surface area contributed by atoms with Gasteiger partial charge in [0, 0.05) is 36.3 Å². The number of aldehydes is 1. The molecule has 9 nitrogen and oxygen atoms in total. The maximum atomic E-state index is 14.5. The lowest BCUT2D eigenvalue weighted by Crippen LogP contribution is -2.36. The molecule has 46 heavy (non-hydrogen) atoms. The van der Waals surface area contributed by atoms with E-state index in [2.05, 4.69) is 37.8 Å². The molecule has 1 unspecified atom stereocenters. The number of hydrogen-bond acceptors (Lipinski definition) is 7. The summed E-state index contributed by atoms with van der Waals surface area (Å²) in [5, 5.41) is 8.54. The highest BCUT2D eigenvalue weighted by Crippen LogP contribution is 2.46. The van der Waals surface area contributed by atoms with E-state index in [1.165, 1.54) is 18.3 Å². The fraction of sp³-hybridized carbons (Fsp3) is 0.306. The SMILES string of the molecule is CNC(C)C#Cc1ncccc1C.N/C=C(\C=NC1CC1)c1cc(F)cc(C2(NC(=O)c3ccccc3CNC(=O)C=O)CC2)c1. The number of aromatic nitrogens is 1. The van der Waals surface area contributed by atoms with Crippen molar-refractivity contribution in [1.82, 2.24) is 20.9 Å². The third-order valence-electron chi connectivity index (χ3n) is 7.71. The van der Waals surface area contributed by atoms with E-state index in [4.69, 9.17) is 5.73 Å². The Morgan fingerprint density at radius 3 is 2.59 bits per heavy atom. The summed E-state index contributed by atoms with van der Waals surface area (Å²) in [7, 11) is 1.89. The minimum absolute atomic E-state index is 0.0449. The van der Waals surface area contributed by atoms with Crippen molar-refractivity contribution in [2.24, 2.45) is 10.7 Å². The minimum Gasteiger partial charge on any atom is -0.404 e. The highest BCUT2D eigenvalue weighted by molar-refractivity contribution is 6.23. The molecule has 0 spiro atoms. The van der Waals surface area contributed by atoms with E-state index in [9.17, 15) is 18.8 Å². The first-order chi connectivity index (χ1) is 22.2. The Morgan fingerprint density at radius 1 is 1.17 bits per heavy atom. The number of amides is 2. The van der Waals surface area contributed by atoms with E-state index in [0.717, 1.165) is 24.1 Å². The molecular formula is C36H39FN6O3. The van der Waals surface area contributed by atoms with Crippen LogP contribution in [0.4, 0.5) is 4.39 Å². The van der Waals surface area contributed by atoms with Gasteiger partial charge in [0.15, 0.2) is 0 Å². The van der Waals surface area contributed by atoms with Crippen LogP contribution in [-0.4, -0.2) is 48.4 Å². The highest BCUT2D eigenvalue weighted by Gasteiger charge is 2.46. The number of aliphatic imine (C=N–C) groups is 1. The van der Waals surface area contributed by atoms with E-state index >= 15 is 0 Å². The number of rotatable bonds is 10. The number of benzene rings is 2. The van der Waals surface area contributed by atoms with Crippen molar-refractivity contribution < 1.29 is 18.8 Å². The second-order valence-corrected chi connectivity index (χ2v) is 11.3. The molecule has 5 N–H and O–H groups in total. The smallest absolute Gasteiger partial charge is 0.284 e. The summed E-state index contributed by atoms with van der Waals surface area (Å²) in [5.41, 5.74) is 9.93. The number of pyridine rings is 1. The van der Waals surface area contributed by atoms with E-state index in [-0.39, 0.29) is 24.8 Å². The number of carbonyl (C=O) groups is 3. The van der Waals surface area contributed by atoms with Gasteiger partial charge in [0.05, 0.1) is 17.6 Å². The van der Waals surface area contributed by atoms with Gasteiger partial charge in [0.25, 0.3) is 11.8 Å². The summed E-state index contributed by atoms with van der Waals surface area (Å²) in [5.74, 6) is 4.60. The van der Waals surface area contributed by atoms with Crippen LogP contribution in [0.5, 0.6) is 0 Å². The Kier molecular flexibility index (Phi) is 11.5. The third kappa shape index (κ3) is 9.43. The fourth-order valence-corrected chi connectivity index (χ4v) is 4.54. The van der Waals surface area contributed by atoms with Crippen LogP contribution >= 0.6 is 0 Å². The first-order valence-electron chi connectivity index (χ1n) is 15.2. The zero-order valence-electron chi connectivity index (χ0n) is 26.3. The maximum Gasteiger partial charge on any atom is 0.284 e. The first-order valence-corrected chi connectivity index (χ1v) is 15.2. The van der Waals surface area contributed by atoms with E-state index in [1.807, 2.05) is 39.1 Å². The topological polar surface area (TPSA) is 139 Å². The Balaban J connectivity index is 0.000000310. The zero-order valence-corrected chi connectivity index (χ0v) is 26.3. The van der Waals surface area contributed by atoms with Crippen molar-refractivity contribution >= 4 is 29.9 Å². The van der Waals surface area contributed by atoms with Gasteiger partial charge in [0.1, 0.15) is 11.5 Å². The normalized spacial score (nSPS) is 15.4. The van der Waals surface area contributed by atoms with E-state index in [1.54, 1.807) is 36.7 Å². The number of aryl methyl sites for hydroxylation is 1. The van der Waals surface area contributed by atoms with Crippen molar-refractivity contribution in [3.05, 3.63) is 106 Å². The molecular weight excluding hydrogens is 583 g/mol. The molecule has 0 saturated heterocycles. The number of nitrogens with one attached hydrogen (secondary N) is 3. The average molecular weight is 623 g/mol. The molecule has 2 aromatic carbocycles. The molecule has 10 heteroatoms. The Hall–Kier alpha value is -5.14. The summed E-state index contributed by atoms with van der Waals surface area (Å²) >= 11 is 0. The number of nitrogens with two attached hydrogens (primary N) is 1. The second-order valence-electron chi connectivity index (χ2n) is 11.3. The van der Waals surface area contributed by atoms with Gasteiger partial charge >= 0.3 is 0 Å². The van der Waals surface area contributed by atoms with Crippen LogP contribution in [0.15, 0.2) is 72.0 Å². The largest absolute Gasteiger partial charge is 0.404 e. The second kappa shape index (κ2) is 15.7. The zero-order chi connectivity index (χ0) is 33.1. The molecule has 2 aliphatic rings. The van der Waals surface area contributed by atoms with Crippen LogP contribution in [0.25, 0.3) is 5.57 Å². The molecule has 5 rings (SSSR count). The lowest BCUT2D eigenvalue weighted by atomic mass is 9.97. The van der Waals surface area contributed by atoms with E-state index < -0.39 is 17.3 Å². The molecule has 0 bridgehead atoms. The van der Waals surface area contributed by atoms with Gasteiger partial charge in [0.2, 0.25) is 6.29 Å². The van der Waals surface area contributed by atoms with Crippen molar-refractivity contribution in [1.29, 1.82) is 0 Å². The predicted molar refractivity (Wildman–Crippen MR) is 177 cm³/mol. The standard InChI is InChI=1S/C25H25FN4O3.C11H14N2/c26-20-10-17(18(12-27)14-28-21-5-6-21)9-19(11-20)25(7-8-25)30-24(33)22-4-2-1-3-16(22)13-29-23(32)15-31;1-9-5-4-8-13-11(9)7-6-10(2)12-3/h1-4,9-12,14-15,21H,5-8,13,27H2,(H,29,32)(H,30,33);4-5,8,10,12H,1-3H3/b18-12+,28-14?;. The van der Waals surface area contributed by atoms with Gasteiger partial charge < -0.3 is 21.7 Å². The highest BCUT2D eigenvalue weighted by atomic mass is 19.1. The Bertz CT molecular complexity index is 1700. The Morgan fingerprint density at radius 2 is 1.93 bits per heavy atom. The molecule has 1 aromatic heterocycles. The molecule has 238 valence electrons. The van der Waals surface area contributed by atoms with Crippen LogP contribution in [0.2, 0.25) is 0 Å². The number of allylic oxidation sites excluding steroid dienone is 1. The number of hydrogen-bond donors (Lipinski definition) is 4. The van der Waals surface area contributed by atoms with Gasteiger partial charge in [-0.2, -0.15) is 0 Å². The number of carbonyl (C=O) groups excluding carboxylic acids is 3. The molecule has 0 aliphatic heterocycles. The van der Waals surface area contributed by atoms with Crippen LogP contribution in [-0.2, 0) is 21.7 Å². The van der Waals surface area contributed by atoms with Crippen molar-refractivity contribution in [2.75, 3.05) is 7.05 Å². The monoisotopic (exact) mass is 622 g/mol. The quantitative estimate of drug-likeness (QED) is 0.117. The molecule has 2 fully saturated rings. The summed E-state index contributed by atoms with van der Waals surface area (Å²) in [6, 6.07) is 16.0. The predicted octanol–water partition coefficient (Wildman–Crippen LogP) is 3.94. The number of halogens is 1. The van der Waals surface area contributed by atoms with Crippen molar-refractivity contribution in [3.63, 3.8) is 0 Å². The maximum absolute atomic E-state index is 14.5. The molecule has 2 amide bonds. The number of nitrogens with zero attached hydrogens (tertiary/aromatic N) is 2. The van der Waals surface area contributed by atoms with Crippen LogP contribution < -0.4 is 21.7 Å². The Labute approximate surface area is 269 Å². The molecule has 2 aliphatic carbocycles. The van der Waals surface area contributed by atoms with Crippen LogP contribution in [0.3, 0.4) is 0 Å². The van der Waals surface area contributed by atoms with Crippen molar-refractivity contribution in [2.45, 2.75) is 63.7 Å². The summed E-state index contributed by atoms with van der Waals surface area (Å²) in [4.78, 5) is 43.6. The molecule has 3 aromatic rings. The summed E-state index contributed by atoms with van der Waals surface area (Å²) in [6.07, 6.45) is 8.48. The van der Waals surface area contributed by atoms with Gasteiger partial charge in [-0.25, -0.2) is 9.37 Å². The van der Waals surface area contributed by atoms with E-state index in [0.29, 0.717) is 46.7 Å².